The summed E-state index contributed by atoms with van der Waals surface area (Å²) >= 11 is 0. The van der Waals surface area contributed by atoms with Gasteiger partial charge in [0.15, 0.2) is 0 Å². The molecule has 1 fully saturated rings. The Morgan fingerprint density at radius 3 is 2.71 bits per heavy atom. The van der Waals surface area contributed by atoms with E-state index in [0.717, 1.165) is 11.1 Å². The monoisotopic (exact) mass is 324 g/mol. The molecular formula is C14H13ClN2O3S. The molecule has 110 valence electrons. The summed E-state index contributed by atoms with van der Waals surface area (Å²) < 4.78 is 22.9. The number of carbonyl (C=O) groups is 1. The number of hydrogen-bond acceptors (Lipinski definition) is 4. The quantitative estimate of drug-likeness (QED) is 0.794. The van der Waals surface area contributed by atoms with Gasteiger partial charge in [0.25, 0.3) is 0 Å². The third-order valence-electron chi connectivity index (χ3n) is 3.62. The number of amides is 1. The third-order valence-corrected chi connectivity index (χ3v) is 5.48. The van der Waals surface area contributed by atoms with Crippen molar-refractivity contribution < 1.29 is 13.2 Å². The number of anilines is 1. The van der Waals surface area contributed by atoms with Gasteiger partial charge >= 0.3 is 0 Å². The lowest BCUT2D eigenvalue weighted by atomic mass is 10.1. The summed E-state index contributed by atoms with van der Waals surface area (Å²) in [6.45, 7) is 1.94. The van der Waals surface area contributed by atoms with E-state index in [9.17, 15) is 13.2 Å². The first-order valence-corrected chi connectivity index (χ1v) is 8.84. The zero-order valence-corrected chi connectivity index (χ0v) is 12.9. The Labute approximate surface area is 127 Å². The Morgan fingerprint density at radius 2 is 2.05 bits per heavy atom. The molecule has 1 aromatic carbocycles. The summed E-state index contributed by atoms with van der Waals surface area (Å²) in [5.41, 5.74) is 2.16. The highest BCUT2D eigenvalue weighted by Gasteiger charge is 2.38. The zero-order chi connectivity index (χ0) is 15.2. The second-order valence-electron chi connectivity index (χ2n) is 5.11. The minimum atomic E-state index is -3.75. The molecule has 1 aliphatic heterocycles. The second kappa shape index (κ2) is 4.96. The van der Waals surface area contributed by atoms with Crippen molar-refractivity contribution in [1.82, 2.24) is 4.98 Å². The Kier molecular flexibility index (Phi) is 3.37. The van der Waals surface area contributed by atoms with Gasteiger partial charge in [-0.3, -0.25) is 9.78 Å². The van der Waals surface area contributed by atoms with E-state index in [1.54, 1.807) is 6.07 Å². The van der Waals surface area contributed by atoms with Crippen LogP contribution in [-0.4, -0.2) is 31.1 Å². The molecule has 3 rings (SSSR count). The highest BCUT2D eigenvalue weighted by molar-refractivity contribution is 8.14. The Hall–Kier alpha value is -1.66. The van der Waals surface area contributed by atoms with Crippen molar-refractivity contribution in [3.8, 4) is 0 Å². The van der Waals surface area contributed by atoms with Gasteiger partial charge in [0.05, 0.1) is 11.2 Å². The summed E-state index contributed by atoms with van der Waals surface area (Å²) in [4.78, 5) is 18.1. The normalized spacial score (nSPS) is 19.4. The molecule has 0 saturated carbocycles. The smallest absolute Gasteiger partial charge is 0.237 e. The van der Waals surface area contributed by atoms with Crippen molar-refractivity contribution in [3.63, 3.8) is 0 Å². The van der Waals surface area contributed by atoms with Crippen LogP contribution in [0.4, 0.5) is 5.69 Å². The van der Waals surface area contributed by atoms with Gasteiger partial charge in [-0.1, -0.05) is 18.2 Å². The molecule has 0 aliphatic carbocycles. The van der Waals surface area contributed by atoms with Crippen LogP contribution in [0.15, 0.2) is 30.3 Å². The summed E-state index contributed by atoms with van der Waals surface area (Å²) in [6, 6.07) is 9.32. The molecule has 0 N–H and O–H groups in total. The number of aromatic nitrogens is 1. The van der Waals surface area contributed by atoms with Gasteiger partial charge in [0, 0.05) is 34.7 Å². The molecule has 21 heavy (non-hydrogen) atoms. The minimum absolute atomic E-state index is 0.0689. The predicted molar refractivity (Wildman–Crippen MR) is 82.0 cm³/mol. The molecule has 5 nitrogen and oxygen atoms in total. The molecule has 1 amide bonds. The lowest BCUT2D eigenvalue weighted by Gasteiger charge is -2.18. The number of para-hydroxylation sites is 1. The third kappa shape index (κ3) is 2.61. The van der Waals surface area contributed by atoms with E-state index in [4.69, 9.17) is 10.7 Å². The SMILES string of the molecule is Cc1ccc2cccc(N3CC(S(=O)(=O)Cl)CC3=O)c2n1. The molecule has 2 heterocycles. The molecule has 0 radical (unpaired) electrons. The molecule has 1 atom stereocenters. The summed E-state index contributed by atoms with van der Waals surface area (Å²) in [7, 11) is 1.63. The van der Waals surface area contributed by atoms with E-state index in [-0.39, 0.29) is 18.9 Å². The van der Waals surface area contributed by atoms with Gasteiger partial charge in [-0.05, 0) is 19.1 Å². The average molecular weight is 325 g/mol. The average Bonchev–Trinajstić information content (AvgIpc) is 2.80. The molecule has 7 heteroatoms. The Balaban J connectivity index is 2.09. The van der Waals surface area contributed by atoms with Crippen LogP contribution in [0.2, 0.25) is 0 Å². The summed E-state index contributed by atoms with van der Waals surface area (Å²) in [5, 5.41) is 0.0369. The van der Waals surface area contributed by atoms with E-state index >= 15 is 0 Å². The molecule has 1 unspecified atom stereocenters. The van der Waals surface area contributed by atoms with Gasteiger partial charge in [0.1, 0.15) is 5.25 Å². The van der Waals surface area contributed by atoms with Crippen molar-refractivity contribution in [2.75, 3.05) is 11.4 Å². The number of hydrogen-bond donors (Lipinski definition) is 0. The number of carbonyl (C=O) groups excluding carboxylic acids is 1. The van der Waals surface area contributed by atoms with Crippen molar-refractivity contribution in [3.05, 3.63) is 36.0 Å². The Bertz CT molecular complexity index is 835. The van der Waals surface area contributed by atoms with Gasteiger partial charge in [0.2, 0.25) is 15.0 Å². The topological polar surface area (TPSA) is 67.3 Å². The van der Waals surface area contributed by atoms with Crippen LogP contribution >= 0.6 is 10.7 Å². The van der Waals surface area contributed by atoms with Crippen molar-refractivity contribution in [2.24, 2.45) is 0 Å². The molecule has 2 aromatic rings. The number of pyridine rings is 1. The molecule has 0 bridgehead atoms. The maximum Gasteiger partial charge on any atom is 0.237 e. The van der Waals surface area contributed by atoms with Crippen LogP contribution in [0.1, 0.15) is 12.1 Å². The number of fused-ring (bicyclic) bond motifs is 1. The van der Waals surface area contributed by atoms with Gasteiger partial charge in [-0.2, -0.15) is 0 Å². The van der Waals surface area contributed by atoms with Crippen LogP contribution in [0.5, 0.6) is 0 Å². The van der Waals surface area contributed by atoms with Gasteiger partial charge < -0.3 is 4.90 Å². The first-order valence-electron chi connectivity index (χ1n) is 6.46. The van der Waals surface area contributed by atoms with E-state index in [1.165, 1.54) is 4.90 Å². The highest BCUT2D eigenvalue weighted by atomic mass is 35.7. The molecular weight excluding hydrogens is 312 g/mol. The van der Waals surface area contributed by atoms with Gasteiger partial charge in [-0.25, -0.2) is 8.42 Å². The summed E-state index contributed by atoms with van der Waals surface area (Å²) in [5.74, 6) is -0.250. The van der Waals surface area contributed by atoms with E-state index in [1.807, 2.05) is 31.2 Å². The van der Waals surface area contributed by atoms with Gasteiger partial charge in [-0.15, -0.1) is 0 Å². The van der Waals surface area contributed by atoms with Crippen LogP contribution in [-0.2, 0) is 13.8 Å². The zero-order valence-electron chi connectivity index (χ0n) is 11.3. The van der Waals surface area contributed by atoms with Crippen molar-refractivity contribution in [1.29, 1.82) is 0 Å². The maximum absolute atomic E-state index is 12.1. The molecule has 1 aromatic heterocycles. The molecule has 1 saturated heterocycles. The first-order chi connectivity index (χ1) is 9.86. The number of aryl methyl sites for hydroxylation is 1. The lowest BCUT2D eigenvalue weighted by Crippen LogP contribution is -2.27. The van der Waals surface area contributed by atoms with Crippen molar-refractivity contribution >= 4 is 42.2 Å². The maximum atomic E-state index is 12.1. The minimum Gasteiger partial charge on any atom is -0.309 e. The number of rotatable bonds is 2. The number of halogens is 1. The standard InChI is InChI=1S/C14H13ClN2O3S/c1-9-5-6-10-3-2-4-12(14(10)16-9)17-8-11(7-13(17)18)21(15,19)20/h2-6,11H,7-8H2,1H3. The fraction of sp³-hybridized carbons (Fsp3) is 0.286. The fourth-order valence-corrected chi connectivity index (χ4v) is 3.57. The number of nitrogens with zero attached hydrogens (tertiary/aromatic N) is 2. The number of benzene rings is 1. The van der Waals surface area contributed by atoms with E-state index in [2.05, 4.69) is 4.98 Å². The van der Waals surface area contributed by atoms with Crippen LogP contribution in [0.3, 0.4) is 0 Å². The molecule has 0 spiro atoms. The van der Waals surface area contributed by atoms with Crippen LogP contribution in [0.25, 0.3) is 10.9 Å². The summed E-state index contributed by atoms with van der Waals surface area (Å²) in [6.07, 6.45) is -0.0892. The highest BCUT2D eigenvalue weighted by Crippen LogP contribution is 2.31. The molecule has 1 aliphatic rings. The van der Waals surface area contributed by atoms with Crippen molar-refractivity contribution in [2.45, 2.75) is 18.6 Å². The van der Waals surface area contributed by atoms with E-state index in [0.29, 0.717) is 11.2 Å². The largest absolute Gasteiger partial charge is 0.309 e. The van der Waals surface area contributed by atoms with Crippen LogP contribution < -0.4 is 4.90 Å². The predicted octanol–water partition coefficient (Wildman–Crippen LogP) is 2.22. The van der Waals surface area contributed by atoms with E-state index < -0.39 is 14.3 Å². The second-order valence-corrected chi connectivity index (χ2v) is 8.02. The first kappa shape index (κ1) is 14.3. The fourth-order valence-electron chi connectivity index (χ4n) is 2.54. The lowest BCUT2D eigenvalue weighted by molar-refractivity contribution is -0.117. The Morgan fingerprint density at radius 1 is 1.29 bits per heavy atom. The van der Waals surface area contributed by atoms with Crippen LogP contribution in [0, 0.1) is 6.92 Å².